The highest BCUT2D eigenvalue weighted by molar-refractivity contribution is 5.71. The lowest BCUT2D eigenvalue weighted by molar-refractivity contribution is -0.167. The van der Waals surface area contributed by atoms with E-state index in [0.717, 1.165) is 122 Å². The van der Waals surface area contributed by atoms with Crippen LogP contribution in [0.3, 0.4) is 0 Å². The Morgan fingerprint density at radius 3 is 0.813 bits per heavy atom. The topological polar surface area (TPSA) is 78.9 Å². The molecular formula is C69H116O6. The second-order valence-corrected chi connectivity index (χ2v) is 20.6. The molecule has 0 aliphatic heterocycles. The van der Waals surface area contributed by atoms with Gasteiger partial charge in [-0.1, -0.05) is 278 Å². The minimum absolute atomic E-state index is 0.0819. The molecule has 0 aromatic heterocycles. The van der Waals surface area contributed by atoms with Crippen LogP contribution in [0.5, 0.6) is 0 Å². The molecule has 0 fully saturated rings. The molecule has 6 nitrogen and oxygen atoms in total. The van der Waals surface area contributed by atoms with Gasteiger partial charge in [0.05, 0.1) is 0 Å². The fourth-order valence-corrected chi connectivity index (χ4v) is 8.64. The molecule has 0 spiro atoms. The summed E-state index contributed by atoms with van der Waals surface area (Å²) in [5.74, 6) is -0.892. The van der Waals surface area contributed by atoms with E-state index in [4.69, 9.17) is 14.2 Å². The average molecular weight is 1040 g/mol. The summed E-state index contributed by atoms with van der Waals surface area (Å²) in [5, 5.41) is 0. The molecule has 0 aromatic carbocycles. The molecule has 0 rings (SSSR count). The maximum Gasteiger partial charge on any atom is 0.306 e. The van der Waals surface area contributed by atoms with Gasteiger partial charge in [0.25, 0.3) is 0 Å². The molecule has 0 radical (unpaired) electrons. The lowest BCUT2D eigenvalue weighted by atomic mass is 10.0. The number of hydrogen-bond acceptors (Lipinski definition) is 6. The molecule has 0 saturated carbocycles. The van der Waals surface area contributed by atoms with E-state index in [1.54, 1.807) is 0 Å². The van der Waals surface area contributed by atoms with Crippen LogP contribution in [0.2, 0.25) is 0 Å². The van der Waals surface area contributed by atoms with Crippen LogP contribution >= 0.6 is 0 Å². The lowest BCUT2D eigenvalue weighted by Gasteiger charge is -2.18. The first-order chi connectivity index (χ1) is 37.0. The first-order valence-corrected chi connectivity index (χ1v) is 31.4. The van der Waals surface area contributed by atoms with Crippen LogP contribution in [0.15, 0.2) is 109 Å². The standard InChI is InChI=1S/C69H116O6/c1-4-7-10-13-16-19-22-24-26-28-30-32-34-36-38-40-42-44-47-50-53-56-59-62-68(71)74-65-66(64-73-67(70)61-58-55-52-49-46-21-18-15-12-9-6-3)75-69(72)63-60-57-54-51-48-45-43-41-39-37-35-33-31-29-27-25-23-20-17-14-11-8-5-2/h7-8,10-11,16-17,19-20,24-27,30-33,36,38,66H,4-6,9,12-15,18,21-23,28-29,34-35,37,39-65H2,1-3H3/b10-7-,11-8-,19-16-,20-17-,26-24-,27-25-,32-30-,33-31-,38-36-. The molecule has 75 heavy (non-hydrogen) atoms. The summed E-state index contributed by atoms with van der Waals surface area (Å²) in [5.41, 5.74) is 0. The Morgan fingerprint density at radius 1 is 0.280 bits per heavy atom. The lowest BCUT2D eigenvalue weighted by Crippen LogP contribution is -2.30. The first kappa shape index (κ1) is 71.1. The summed E-state index contributed by atoms with van der Waals surface area (Å²) in [6, 6.07) is 0. The second-order valence-electron chi connectivity index (χ2n) is 20.6. The van der Waals surface area contributed by atoms with Crippen LogP contribution in [0, 0.1) is 0 Å². The van der Waals surface area contributed by atoms with E-state index in [1.165, 1.54) is 128 Å². The Balaban J connectivity index is 4.33. The van der Waals surface area contributed by atoms with Gasteiger partial charge in [-0.15, -0.1) is 0 Å². The van der Waals surface area contributed by atoms with E-state index in [-0.39, 0.29) is 31.1 Å². The minimum atomic E-state index is -0.786. The van der Waals surface area contributed by atoms with E-state index >= 15 is 0 Å². The normalized spacial score (nSPS) is 12.8. The molecule has 0 N–H and O–H groups in total. The van der Waals surface area contributed by atoms with Gasteiger partial charge in [0.15, 0.2) is 6.10 Å². The number of unbranched alkanes of at least 4 members (excludes halogenated alkanes) is 27. The van der Waals surface area contributed by atoms with E-state index in [9.17, 15) is 14.4 Å². The summed E-state index contributed by atoms with van der Waals surface area (Å²) < 4.78 is 16.9. The van der Waals surface area contributed by atoms with Gasteiger partial charge in [0.1, 0.15) is 13.2 Å². The summed E-state index contributed by atoms with van der Waals surface area (Å²) in [4.78, 5) is 38.3. The van der Waals surface area contributed by atoms with Gasteiger partial charge in [-0.25, -0.2) is 0 Å². The molecule has 1 unspecified atom stereocenters. The summed E-state index contributed by atoms with van der Waals surface area (Å²) in [6.45, 7) is 6.41. The van der Waals surface area contributed by atoms with Gasteiger partial charge in [0, 0.05) is 19.3 Å². The minimum Gasteiger partial charge on any atom is -0.462 e. The van der Waals surface area contributed by atoms with Crippen molar-refractivity contribution < 1.29 is 28.6 Å². The van der Waals surface area contributed by atoms with Crippen molar-refractivity contribution in [1.82, 2.24) is 0 Å². The number of allylic oxidation sites excluding steroid dienone is 18. The zero-order valence-corrected chi connectivity index (χ0v) is 49.0. The molecule has 0 aliphatic carbocycles. The molecule has 0 aromatic rings. The Labute approximate surface area is 463 Å². The van der Waals surface area contributed by atoms with Crippen LogP contribution < -0.4 is 0 Å². The zero-order valence-electron chi connectivity index (χ0n) is 49.0. The highest BCUT2D eigenvalue weighted by atomic mass is 16.6. The van der Waals surface area contributed by atoms with Gasteiger partial charge >= 0.3 is 17.9 Å². The summed E-state index contributed by atoms with van der Waals surface area (Å²) in [7, 11) is 0. The van der Waals surface area contributed by atoms with Crippen molar-refractivity contribution in [2.45, 2.75) is 297 Å². The molecule has 6 heteroatoms. The number of hydrogen-bond donors (Lipinski definition) is 0. The maximum atomic E-state index is 12.9. The number of esters is 3. The van der Waals surface area contributed by atoms with Gasteiger partial charge in [-0.2, -0.15) is 0 Å². The predicted molar refractivity (Wildman–Crippen MR) is 325 cm³/mol. The maximum absolute atomic E-state index is 12.9. The highest BCUT2D eigenvalue weighted by Gasteiger charge is 2.19. The van der Waals surface area contributed by atoms with Crippen LogP contribution in [0.1, 0.15) is 290 Å². The van der Waals surface area contributed by atoms with Gasteiger partial charge < -0.3 is 14.2 Å². The highest BCUT2D eigenvalue weighted by Crippen LogP contribution is 2.16. The number of carbonyl (C=O) groups is 3. The van der Waals surface area contributed by atoms with Crippen LogP contribution in [0.4, 0.5) is 0 Å². The third-order valence-corrected chi connectivity index (χ3v) is 13.3. The van der Waals surface area contributed by atoms with Crippen molar-refractivity contribution in [3.63, 3.8) is 0 Å². The van der Waals surface area contributed by atoms with E-state index in [2.05, 4.69) is 130 Å². The van der Waals surface area contributed by atoms with E-state index in [0.29, 0.717) is 19.3 Å². The molecule has 0 heterocycles. The van der Waals surface area contributed by atoms with Crippen molar-refractivity contribution in [3.05, 3.63) is 109 Å². The average Bonchev–Trinajstić information content (AvgIpc) is 3.41. The second kappa shape index (κ2) is 62.6. The van der Waals surface area contributed by atoms with Crippen LogP contribution in [-0.2, 0) is 28.6 Å². The van der Waals surface area contributed by atoms with Crippen molar-refractivity contribution >= 4 is 17.9 Å². The van der Waals surface area contributed by atoms with Crippen molar-refractivity contribution in [2.75, 3.05) is 13.2 Å². The molecule has 1 atom stereocenters. The summed E-state index contributed by atoms with van der Waals surface area (Å²) in [6.07, 6.45) is 85.2. The monoisotopic (exact) mass is 1040 g/mol. The van der Waals surface area contributed by atoms with Crippen LogP contribution in [0.25, 0.3) is 0 Å². The van der Waals surface area contributed by atoms with Crippen molar-refractivity contribution in [2.24, 2.45) is 0 Å². The van der Waals surface area contributed by atoms with Gasteiger partial charge in [0.2, 0.25) is 0 Å². The number of rotatable bonds is 56. The first-order valence-electron chi connectivity index (χ1n) is 31.4. The SMILES string of the molecule is CC/C=C\C/C=C\C/C=C\C/C=C\C/C=C\CCCCCCCCCC(=O)OCC(COC(=O)CCCCCCCCCCCCC)OC(=O)CCCCCCCCCCCC/C=C\C/C=C\C/C=C\C/C=C\CC. The van der Waals surface area contributed by atoms with Gasteiger partial charge in [-0.05, 0) is 103 Å². The smallest absolute Gasteiger partial charge is 0.306 e. The van der Waals surface area contributed by atoms with Crippen molar-refractivity contribution in [1.29, 1.82) is 0 Å². The molecular weight excluding hydrogens is 925 g/mol. The largest absolute Gasteiger partial charge is 0.462 e. The number of ether oxygens (including phenoxy) is 3. The molecule has 0 saturated heterocycles. The molecule has 428 valence electrons. The third-order valence-electron chi connectivity index (χ3n) is 13.3. The Hall–Kier alpha value is -3.93. The Bertz CT molecular complexity index is 1520. The quantitative estimate of drug-likeness (QED) is 0.0261. The molecule has 0 bridgehead atoms. The van der Waals surface area contributed by atoms with Gasteiger partial charge in [-0.3, -0.25) is 14.4 Å². The zero-order chi connectivity index (χ0) is 54.3. The van der Waals surface area contributed by atoms with E-state index < -0.39 is 6.10 Å². The molecule has 0 aliphatic rings. The van der Waals surface area contributed by atoms with E-state index in [1.807, 2.05) is 0 Å². The fourth-order valence-electron chi connectivity index (χ4n) is 8.64. The Morgan fingerprint density at radius 2 is 0.520 bits per heavy atom. The fraction of sp³-hybridized carbons (Fsp3) is 0.696. The predicted octanol–water partition coefficient (Wildman–Crippen LogP) is 21.4. The van der Waals surface area contributed by atoms with Crippen molar-refractivity contribution in [3.8, 4) is 0 Å². The summed E-state index contributed by atoms with van der Waals surface area (Å²) >= 11 is 0. The molecule has 0 amide bonds. The van der Waals surface area contributed by atoms with Crippen LogP contribution in [-0.4, -0.2) is 37.2 Å². The Kier molecular flexibility index (Phi) is 59.3. The third kappa shape index (κ3) is 60.8. The number of carbonyl (C=O) groups excluding carboxylic acids is 3.